The molecule has 0 saturated carbocycles. The fourth-order valence-corrected chi connectivity index (χ4v) is 3.00. The number of hydrogen-bond acceptors (Lipinski definition) is 5. The van der Waals surface area contributed by atoms with Crippen molar-refractivity contribution in [2.45, 2.75) is 19.8 Å². The third-order valence-electron chi connectivity index (χ3n) is 4.41. The molecule has 2 aromatic heterocycles. The van der Waals surface area contributed by atoms with Crippen molar-refractivity contribution < 1.29 is 18.3 Å². The normalized spacial score (nSPS) is 13.4. The molecule has 0 amide bonds. The van der Waals surface area contributed by atoms with Gasteiger partial charge < -0.3 is 14.8 Å². The lowest BCUT2D eigenvalue weighted by atomic mass is 10.0. The highest BCUT2D eigenvalue weighted by Gasteiger charge is 2.15. The number of halogens is 2. The molecule has 7 heteroatoms. The zero-order valence-electron chi connectivity index (χ0n) is 15.3. The van der Waals surface area contributed by atoms with Crippen LogP contribution in [0, 0.1) is 11.6 Å². The summed E-state index contributed by atoms with van der Waals surface area (Å²) in [7, 11) is 0. The molecule has 0 saturated heterocycles. The Balaban J connectivity index is 1.82. The van der Waals surface area contributed by atoms with Crippen LogP contribution in [-0.2, 0) is 6.42 Å². The van der Waals surface area contributed by atoms with E-state index in [9.17, 15) is 8.78 Å². The Bertz CT molecular complexity index is 1010. The van der Waals surface area contributed by atoms with Crippen molar-refractivity contribution in [2.75, 3.05) is 18.5 Å². The number of rotatable bonds is 1. The SMILES string of the molecule is CCc1cc2nc(c1)OCCCOc1cc(F)ccc1-c1cc(ncc1F)N2. The minimum absolute atomic E-state index is 0.271. The molecule has 3 heterocycles. The number of aromatic nitrogens is 2. The van der Waals surface area contributed by atoms with Gasteiger partial charge in [-0.2, -0.15) is 4.98 Å². The molecule has 144 valence electrons. The van der Waals surface area contributed by atoms with Gasteiger partial charge in [-0.1, -0.05) is 6.92 Å². The van der Waals surface area contributed by atoms with Gasteiger partial charge in [0.05, 0.1) is 19.4 Å². The second kappa shape index (κ2) is 7.80. The van der Waals surface area contributed by atoms with Crippen molar-refractivity contribution in [3.05, 3.63) is 59.8 Å². The van der Waals surface area contributed by atoms with Crippen LogP contribution in [0.25, 0.3) is 11.1 Å². The van der Waals surface area contributed by atoms with Gasteiger partial charge in [0, 0.05) is 29.7 Å². The second-order valence-corrected chi connectivity index (χ2v) is 6.42. The lowest BCUT2D eigenvalue weighted by molar-refractivity contribution is 0.242. The van der Waals surface area contributed by atoms with Gasteiger partial charge in [-0.15, -0.1) is 0 Å². The number of fused-ring (bicyclic) bond motifs is 6. The average molecular weight is 383 g/mol. The molecule has 0 spiro atoms. The van der Waals surface area contributed by atoms with Crippen LogP contribution in [0.3, 0.4) is 0 Å². The Hall–Kier alpha value is -3.22. The summed E-state index contributed by atoms with van der Waals surface area (Å²) in [5.74, 6) is 0.775. The van der Waals surface area contributed by atoms with E-state index in [1.807, 2.05) is 19.1 Å². The molecular formula is C21H19F2N3O2. The van der Waals surface area contributed by atoms with Crippen LogP contribution < -0.4 is 14.8 Å². The van der Waals surface area contributed by atoms with Crippen LogP contribution in [-0.4, -0.2) is 23.2 Å². The van der Waals surface area contributed by atoms with Crippen molar-refractivity contribution >= 4 is 11.6 Å². The highest BCUT2D eigenvalue weighted by Crippen LogP contribution is 2.34. The van der Waals surface area contributed by atoms with Gasteiger partial charge in [-0.05, 0) is 36.2 Å². The van der Waals surface area contributed by atoms with Gasteiger partial charge in [0.1, 0.15) is 29.0 Å². The Kier molecular flexibility index (Phi) is 5.06. The van der Waals surface area contributed by atoms with E-state index >= 15 is 0 Å². The van der Waals surface area contributed by atoms with Crippen molar-refractivity contribution in [3.63, 3.8) is 0 Å². The summed E-state index contributed by atoms with van der Waals surface area (Å²) in [6.07, 6.45) is 2.51. The Labute approximate surface area is 161 Å². The van der Waals surface area contributed by atoms with Gasteiger partial charge >= 0.3 is 0 Å². The maximum absolute atomic E-state index is 14.5. The molecule has 0 atom stereocenters. The molecule has 0 fully saturated rings. The molecule has 1 aliphatic heterocycles. The Morgan fingerprint density at radius 2 is 1.86 bits per heavy atom. The monoisotopic (exact) mass is 383 g/mol. The van der Waals surface area contributed by atoms with Gasteiger partial charge in [0.25, 0.3) is 0 Å². The standard InChI is InChI=1S/C21H19F2N3O2/c1-2-13-8-20-25-19-11-16(17(23)12-24-19)15-5-4-14(22)10-18(15)27-6-3-7-28-21(9-13)26-20/h4-5,8-12H,2-3,6-7H2,1H3,(H,24,25,26). The highest BCUT2D eigenvalue weighted by atomic mass is 19.1. The zero-order valence-corrected chi connectivity index (χ0v) is 15.3. The number of benzene rings is 1. The van der Waals surface area contributed by atoms with E-state index in [4.69, 9.17) is 9.47 Å². The minimum atomic E-state index is -0.520. The maximum Gasteiger partial charge on any atom is 0.215 e. The molecule has 28 heavy (non-hydrogen) atoms. The lowest BCUT2D eigenvalue weighted by Gasteiger charge is -2.16. The van der Waals surface area contributed by atoms with Crippen molar-refractivity contribution in [1.82, 2.24) is 9.97 Å². The summed E-state index contributed by atoms with van der Waals surface area (Å²) in [6.45, 7) is 2.73. The molecule has 1 aromatic carbocycles. The first-order valence-electron chi connectivity index (χ1n) is 9.11. The summed E-state index contributed by atoms with van der Waals surface area (Å²) >= 11 is 0. The van der Waals surface area contributed by atoms with Crippen LogP contribution in [0.15, 0.2) is 42.6 Å². The smallest absolute Gasteiger partial charge is 0.215 e. The van der Waals surface area contributed by atoms with E-state index in [2.05, 4.69) is 15.3 Å². The van der Waals surface area contributed by atoms with Crippen molar-refractivity contribution in [2.24, 2.45) is 0 Å². The molecular weight excluding hydrogens is 364 g/mol. The topological polar surface area (TPSA) is 56.3 Å². The van der Waals surface area contributed by atoms with E-state index in [1.165, 1.54) is 18.2 Å². The quantitative estimate of drug-likeness (QED) is 0.648. The lowest BCUT2D eigenvalue weighted by Crippen LogP contribution is -2.08. The molecule has 1 N–H and O–H groups in total. The molecule has 0 aliphatic carbocycles. The number of anilines is 2. The summed E-state index contributed by atoms with van der Waals surface area (Å²) in [5.41, 5.74) is 1.78. The first-order chi connectivity index (χ1) is 13.6. The third-order valence-corrected chi connectivity index (χ3v) is 4.41. The fourth-order valence-electron chi connectivity index (χ4n) is 3.00. The second-order valence-electron chi connectivity index (χ2n) is 6.42. The van der Waals surface area contributed by atoms with E-state index in [0.717, 1.165) is 18.2 Å². The summed E-state index contributed by atoms with van der Waals surface area (Å²) in [4.78, 5) is 8.54. The predicted octanol–water partition coefficient (Wildman–Crippen LogP) is 4.89. The summed E-state index contributed by atoms with van der Waals surface area (Å²) in [5, 5.41) is 3.10. The van der Waals surface area contributed by atoms with Crippen LogP contribution in [0.5, 0.6) is 11.6 Å². The summed E-state index contributed by atoms with van der Waals surface area (Å²) in [6, 6.07) is 9.37. The van der Waals surface area contributed by atoms with Gasteiger partial charge in [0.15, 0.2) is 0 Å². The van der Waals surface area contributed by atoms with Gasteiger partial charge in [-0.25, -0.2) is 13.8 Å². The predicted molar refractivity (Wildman–Crippen MR) is 102 cm³/mol. The maximum atomic E-state index is 14.5. The van der Waals surface area contributed by atoms with E-state index in [0.29, 0.717) is 42.7 Å². The molecule has 1 aliphatic rings. The molecule has 5 nitrogen and oxygen atoms in total. The molecule has 0 radical (unpaired) electrons. The number of nitrogens with one attached hydrogen (secondary N) is 1. The number of nitrogens with zero attached hydrogens (tertiary/aromatic N) is 2. The van der Waals surface area contributed by atoms with Gasteiger partial charge in [-0.3, -0.25) is 0 Å². The Morgan fingerprint density at radius 3 is 2.71 bits per heavy atom. The largest absolute Gasteiger partial charge is 0.493 e. The highest BCUT2D eigenvalue weighted by molar-refractivity contribution is 5.74. The summed E-state index contributed by atoms with van der Waals surface area (Å²) < 4.78 is 39.7. The number of aryl methyl sites for hydroxylation is 1. The van der Waals surface area contributed by atoms with Crippen LogP contribution in [0.4, 0.5) is 20.4 Å². The molecule has 0 unspecified atom stereocenters. The first kappa shape index (κ1) is 18.2. The average Bonchev–Trinajstić information content (AvgIpc) is 2.69. The third kappa shape index (κ3) is 3.88. The van der Waals surface area contributed by atoms with Gasteiger partial charge in [0.2, 0.25) is 5.88 Å². The van der Waals surface area contributed by atoms with Crippen LogP contribution in [0.1, 0.15) is 18.9 Å². The fraction of sp³-hybridized carbons (Fsp3) is 0.238. The van der Waals surface area contributed by atoms with Crippen LogP contribution in [0.2, 0.25) is 0 Å². The van der Waals surface area contributed by atoms with E-state index < -0.39 is 11.6 Å². The zero-order chi connectivity index (χ0) is 19.5. The van der Waals surface area contributed by atoms with Crippen molar-refractivity contribution in [3.8, 4) is 22.8 Å². The molecule has 4 rings (SSSR count). The van der Waals surface area contributed by atoms with E-state index in [1.54, 1.807) is 6.07 Å². The first-order valence-corrected chi connectivity index (χ1v) is 9.11. The molecule has 3 aromatic rings. The molecule has 4 bridgehead atoms. The number of ether oxygens (including phenoxy) is 2. The Morgan fingerprint density at radius 1 is 1.00 bits per heavy atom. The van der Waals surface area contributed by atoms with E-state index in [-0.39, 0.29) is 11.3 Å². The van der Waals surface area contributed by atoms with Crippen molar-refractivity contribution in [1.29, 1.82) is 0 Å². The number of pyridine rings is 2. The number of hydrogen-bond donors (Lipinski definition) is 1. The van der Waals surface area contributed by atoms with Crippen LogP contribution >= 0.6 is 0 Å². The minimum Gasteiger partial charge on any atom is -0.493 e.